The topological polar surface area (TPSA) is 19.7 Å². The number of nitrogens with zero attached hydrogens (tertiary/aromatic N) is 4. The Morgan fingerprint density at radius 3 is 0.783 bits per heavy atom. The van der Waals surface area contributed by atoms with Gasteiger partial charge in [0.2, 0.25) is 0 Å². The van der Waals surface area contributed by atoms with Crippen molar-refractivity contribution in [1.82, 2.24) is 18.3 Å². The molecule has 0 saturated heterocycles. The molecule has 0 bridgehead atoms. The molecule has 2 aliphatic rings. The van der Waals surface area contributed by atoms with Crippen LogP contribution in [0.5, 0.6) is 0 Å². The van der Waals surface area contributed by atoms with Crippen molar-refractivity contribution < 1.29 is 0 Å². The fraction of sp³-hybridized carbons (Fsp3) is 0.145. The van der Waals surface area contributed by atoms with E-state index in [4.69, 9.17) is 0 Å². The van der Waals surface area contributed by atoms with Crippen molar-refractivity contribution in [3.8, 4) is 67.3 Å². The molecule has 0 saturated carbocycles. The molecule has 0 N–H and O–H groups in total. The Morgan fingerprint density at radius 1 is 0.209 bits per heavy atom. The van der Waals surface area contributed by atoms with E-state index in [-0.39, 0.29) is 28.4 Å². The maximum Gasteiger partial charge on any atom is 0.252 e. The minimum atomic E-state index is -0.329. The normalized spacial score (nSPS) is 13.2. The number of aromatic nitrogens is 4. The highest BCUT2D eigenvalue weighted by Gasteiger charge is 2.46. The average molecular weight is 1480 g/mol. The lowest BCUT2D eigenvalue weighted by atomic mass is 9.34. The minimum Gasteiger partial charge on any atom is -0.308 e. The van der Waals surface area contributed by atoms with E-state index in [9.17, 15) is 0 Å². The van der Waals surface area contributed by atoms with Crippen LogP contribution in [0.15, 0.2) is 309 Å². The molecule has 0 radical (unpaired) electrons. The number of hydrogen-bond acceptors (Lipinski definition) is 0. The highest BCUT2D eigenvalue weighted by molar-refractivity contribution is 7.01. The summed E-state index contributed by atoms with van der Waals surface area (Å²) in [5, 5.41) is 19.9. The van der Waals surface area contributed by atoms with Gasteiger partial charge in [-0.05, 0) is 239 Å². The van der Waals surface area contributed by atoms with Gasteiger partial charge in [-0.1, -0.05) is 301 Å². The Morgan fingerprint density at radius 2 is 0.487 bits per heavy atom. The van der Waals surface area contributed by atoms with E-state index in [2.05, 4.69) is 411 Å². The second-order valence-electron chi connectivity index (χ2n) is 37.2. The summed E-state index contributed by atoms with van der Waals surface area (Å²) in [7, 11) is 0. The Hall–Kier alpha value is -13.0. The molecule has 4 aromatic heterocycles. The molecule has 550 valence electrons. The van der Waals surface area contributed by atoms with Crippen molar-refractivity contribution in [2.45, 2.75) is 105 Å². The van der Waals surface area contributed by atoms with Crippen LogP contribution in [0.2, 0.25) is 0 Å². The second kappa shape index (κ2) is 23.8. The minimum absolute atomic E-state index is 0.118. The van der Waals surface area contributed by atoms with Crippen LogP contribution in [-0.4, -0.2) is 25.0 Å². The lowest BCUT2D eigenvalue weighted by Crippen LogP contribution is -2.60. The molecular weight excluding hydrogens is 1390 g/mol. The predicted octanol–water partition coefficient (Wildman–Crippen LogP) is 27.7. The molecule has 2 aliphatic heterocycles. The van der Waals surface area contributed by atoms with Crippen LogP contribution in [0.4, 0.5) is 0 Å². The molecule has 115 heavy (non-hydrogen) atoms. The van der Waals surface area contributed by atoms with Crippen LogP contribution < -0.4 is 16.4 Å². The van der Waals surface area contributed by atoms with E-state index in [0.717, 1.165) is 11.4 Å². The maximum absolute atomic E-state index is 2.80. The largest absolute Gasteiger partial charge is 0.308 e. The third-order valence-electron chi connectivity index (χ3n) is 26.2. The average Bonchev–Trinajstić information content (AvgIpc) is 1.51. The smallest absolute Gasteiger partial charge is 0.252 e. The van der Waals surface area contributed by atoms with Crippen molar-refractivity contribution >= 4 is 153 Å². The first-order valence-electron chi connectivity index (χ1n) is 41.1. The van der Waals surface area contributed by atoms with Gasteiger partial charge in [-0.25, -0.2) is 0 Å². The summed E-state index contributed by atoms with van der Waals surface area (Å²) < 4.78 is 11.0. The lowest BCUT2D eigenvalue weighted by molar-refractivity contribution is 0.590. The fourth-order valence-electron chi connectivity index (χ4n) is 20.4. The van der Waals surface area contributed by atoms with Gasteiger partial charge in [0.15, 0.2) is 0 Å². The van der Waals surface area contributed by atoms with Gasteiger partial charge in [0.05, 0.1) is 66.9 Å². The molecule has 5 heteroatoms. The highest BCUT2D eigenvalue weighted by Crippen LogP contribution is 2.52. The monoisotopic (exact) mass is 1470 g/mol. The van der Waals surface area contributed by atoms with E-state index in [0.29, 0.717) is 0 Å². The summed E-state index contributed by atoms with van der Waals surface area (Å²) in [6.45, 7) is 28.0. The van der Waals surface area contributed by atoms with Crippen molar-refractivity contribution in [2.75, 3.05) is 0 Å². The van der Waals surface area contributed by atoms with E-state index in [1.54, 1.807) is 0 Å². The Balaban J connectivity index is 0.987. The van der Waals surface area contributed by atoms with Gasteiger partial charge in [-0.2, -0.15) is 0 Å². The third-order valence-corrected chi connectivity index (χ3v) is 26.2. The molecule has 0 unspecified atom stereocenters. The quantitative estimate of drug-likeness (QED) is 0.148. The van der Waals surface area contributed by atoms with Crippen LogP contribution in [0.1, 0.15) is 105 Å². The van der Waals surface area contributed by atoms with Gasteiger partial charge < -0.3 is 18.3 Å². The molecule has 23 rings (SSSR count). The number of hydrogen-bond donors (Lipinski definition) is 0. The van der Waals surface area contributed by atoms with Crippen LogP contribution in [0, 0.1) is 0 Å². The summed E-state index contributed by atoms with van der Waals surface area (Å²) in [6.07, 6.45) is 0. The second-order valence-corrected chi connectivity index (χ2v) is 37.2. The Labute approximate surface area is 670 Å². The number of rotatable bonds is 6. The molecule has 4 nitrogen and oxygen atoms in total. The summed E-state index contributed by atoms with van der Waals surface area (Å²) in [6, 6.07) is 121. The highest BCUT2D eigenvalue weighted by atomic mass is 15.1. The SMILES string of the molecule is CC(C)(C)c1ccc2c(c1)c1cc(C(C)(C)C)ccc1n2-c1cc(-n2c3ccc(C(C)(C)C)cc3c3cc(C(C)(C)C)ccc32)c2c3c1-n1c4ccc5cc(-c6ccccc6)ccc5c4c4c5ccc(-c6ccccc6)cc5cc(c41)B3c1cc3cc(-c4ccccc4)ccc3c3c4c5ccc(-c6ccccc6)cc5ccc4n-2c13. The van der Waals surface area contributed by atoms with Gasteiger partial charge >= 0.3 is 0 Å². The zero-order valence-corrected chi connectivity index (χ0v) is 67.3. The maximum atomic E-state index is 2.80. The molecular formula is C110H87BN4. The van der Waals surface area contributed by atoms with Crippen molar-refractivity contribution in [1.29, 1.82) is 0 Å². The van der Waals surface area contributed by atoms with Crippen LogP contribution in [0.3, 0.4) is 0 Å². The molecule has 0 spiro atoms. The summed E-state index contributed by atoms with van der Waals surface area (Å²) in [4.78, 5) is 0. The third kappa shape index (κ3) is 9.86. The Kier molecular flexibility index (Phi) is 14.0. The zero-order chi connectivity index (χ0) is 77.8. The van der Waals surface area contributed by atoms with Gasteiger partial charge in [0.1, 0.15) is 0 Å². The summed E-state index contributed by atoms with van der Waals surface area (Å²) in [5.74, 6) is 0. The van der Waals surface area contributed by atoms with Crippen LogP contribution >= 0.6 is 0 Å². The number of fused-ring (bicyclic) bond motifs is 24. The molecule has 0 amide bonds. The van der Waals surface area contributed by atoms with Crippen LogP contribution in [-0.2, 0) is 21.7 Å². The van der Waals surface area contributed by atoms with Crippen molar-refractivity contribution in [3.05, 3.63) is 332 Å². The van der Waals surface area contributed by atoms with Gasteiger partial charge in [-0.15, -0.1) is 0 Å². The van der Waals surface area contributed by atoms with Crippen molar-refractivity contribution in [2.24, 2.45) is 0 Å². The molecule has 21 aromatic rings. The lowest BCUT2D eigenvalue weighted by Gasteiger charge is -2.37. The Bertz CT molecular complexity index is 7230. The van der Waals surface area contributed by atoms with Crippen molar-refractivity contribution in [3.63, 3.8) is 0 Å². The van der Waals surface area contributed by atoms with Gasteiger partial charge in [0.25, 0.3) is 6.71 Å². The number of benzene rings is 17. The molecule has 0 fully saturated rings. The fourth-order valence-corrected chi connectivity index (χ4v) is 20.4. The molecule has 0 aliphatic carbocycles. The molecule has 17 aromatic carbocycles. The predicted molar refractivity (Wildman–Crippen MR) is 495 cm³/mol. The standard InChI is InChI=1S/C110H87BN4/c1-107(2,3)76-39-49-90-84(59-76)85-60-77(108(4,5)6)40-50-91(85)112(90)96-63-97(113-92-51-41-78(109(7,8)9)61-86(92)87-62-79(110(10,11)12)42-52-93(87)113)106-102-105(96)114-94-47-37-72-53-68(64-25-17-13-18-26-64)33-43-80(72)98(94)100-82-45-35-70(66-29-21-15-22-30-66)55-74(82)57-88(103(100)114)111(102)89-58-75-56-71(67-31-23-16-24-32-67)36-46-83(75)101-99-81-44-34-69(65-27-19-14-20-28-65)54-73(81)38-48-95(99)115(106)104(89)101/h13-63H,1-12H3. The van der Waals surface area contributed by atoms with Gasteiger partial charge in [0, 0.05) is 43.1 Å². The first-order chi connectivity index (χ1) is 55.6. The van der Waals surface area contributed by atoms with Crippen LogP contribution in [0.25, 0.3) is 198 Å². The molecule has 0 atom stereocenters. The van der Waals surface area contributed by atoms with E-state index < -0.39 is 0 Å². The van der Waals surface area contributed by atoms with E-state index >= 15 is 0 Å². The first-order valence-corrected chi connectivity index (χ1v) is 41.1. The van der Waals surface area contributed by atoms with Gasteiger partial charge in [-0.3, -0.25) is 0 Å². The van der Waals surface area contributed by atoms with E-state index in [1.165, 1.54) is 225 Å². The molecule has 6 heterocycles. The summed E-state index contributed by atoms with van der Waals surface area (Å²) in [5.41, 5.74) is 32.4. The summed E-state index contributed by atoms with van der Waals surface area (Å²) >= 11 is 0. The zero-order valence-electron chi connectivity index (χ0n) is 67.3. The first kappa shape index (κ1) is 67.7. The van der Waals surface area contributed by atoms with E-state index in [1.807, 2.05) is 0 Å².